The van der Waals surface area contributed by atoms with Crippen LogP contribution in [0.5, 0.6) is 0 Å². The summed E-state index contributed by atoms with van der Waals surface area (Å²) in [6.45, 7) is 6.52. The van der Waals surface area contributed by atoms with Gasteiger partial charge in [-0.15, -0.1) is 0 Å². The second-order valence-corrected chi connectivity index (χ2v) is 17.4. The molecule has 0 radical (unpaired) electrons. The van der Waals surface area contributed by atoms with Crippen LogP contribution in [0.3, 0.4) is 0 Å². The van der Waals surface area contributed by atoms with Crippen molar-refractivity contribution in [3.05, 3.63) is 72.9 Å². The molecule has 0 saturated carbocycles. The van der Waals surface area contributed by atoms with Crippen molar-refractivity contribution in [1.82, 2.24) is 0 Å². The minimum Gasteiger partial charge on any atom is -0.462 e. The van der Waals surface area contributed by atoms with E-state index in [1.165, 1.54) is 109 Å². The molecule has 0 heterocycles. The van der Waals surface area contributed by atoms with E-state index in [1.807, 2.05) is 0 Å². The second-order valence-electron chi connectivity index (χ2n) is 17.4. The molecule has 6 nitrogen and oxygen atoms in total. The molecule has 0 aromatic rings. The van der Waals surface area contributed by atoms with Crippen LogP contribution >= 0.6 is 0 Å². The molecule has 0 spiro atoms. The van der Waals surface area contributed by atoms with Crippen LogP contribution in [-0.2, 0) is 28.6 Å². The third kappa shape index (κ3) is 49.7. The van der Waals surface area contributed by atoms with E-state index in [1.54, 1.807) is 0 Å². The van der Waals surface area contributed by atoms with Gasteiger partial charge in [-0.2, -0.15) is 0 Å². The molecule has 0 aromatic carbocycles. The summed E-state index contributed by atoms with van der Waals surface area (Å²) >= 11 is 0. The first-order valence-electron chi connectivity index (χ1n) is 26.4. The molecule has 63 heavy (non-hydrogen) atoms. The van der Waals surface area contributed by atoms with E-state index in [4.69, 9.17) is 14.2 Å². The summed E-state index contributed by atoms with van der Waals surface area (Å²) < 4.78 is 16.7. The maximum atomic E-state index is 12.8. The summed E-state index contributed by atoms with van der Waals surface area (Å²) in [6, 6.07) is 0. The molecule has 0 rings (SSSR count). The molecule has 1 unspecified atom stereocenters. The van der Waals surface area contributed by atoms with Gasteiger partial charge in [-0.1, -0.05) is 209 Å². The molecule has 1 atom stereocenters. The minimum absolute atomic E-state index is 0.0850. The average molecular weight is 879 g/mol. The Labute approximate surface area is 389 Å². The van der Waals surface area contributed by atoms with Crippen molar-refractivity contribution in [3.8, 4) is 0 Å². The number of unbranched alkanes of at least 4 members (excludes halogenated alkanes) is 24. The van der Waals surface area contributed by atoms with Crippen LogP contribution in [0.2, 0.25) is 0 Å². The monoisotopic (exact) mass is 879 g/mol. The first-order chi connectivity index (χ1) is 31.0. The predicted octanol–water partition coefficient (Wildman–Crippen LogP) is 17.4. The highest BCUT2D eigenvalue weighted by molar-refractivity contribution is 5.71. The lowest BCUT2D eigenvalue weighted by atomic mass is 10.1. The van der Waals surface area contributed by atoms with Gasteiger partial charge >= 0.3 is 17.9 Å². The van der Waals surface area contributed by atoms with Crippen molar-refractivity contribution in [2.75, 3.05) is 13.2 Å². The van der Waals surface area contributed by atoms with E-state index in [9.17, 15) is 14.4 Å². The zero-order valence-electron chi connectivity index (χ0n) is 41.3. The number of rotatable bonds is 47. The van der Waals surface area contributed by atoms with Crippen molar-refractivity contribution < 1.29 is 28.6 Å². The highest BCUT2D eigenvalue weighted by Crippen LogP contribution is 2.14. The van der Waals surface area contributed by atoms with Crippen molar-refractivity contribution in [1.29, 1.82) is 0 Å². The number of carbonyl (C=O) groups is 3. The van der Waals surface area contributed by atoms with E-state index in [2.05, 4.69) is 93.7 Å². The molecule has 6 heteroatoms. The lowest BCUT2D eigenvalue weighted by molar-refractivity contribution is -0.167. The summed E-state index contributed by atoms with van der Waals surface area (Å²) in [5.74, 6) is -0.915. The van der Waals surface area contributed by atoms with Crippen LogP contribution in [0.1, 0.15) is 252 Å². The van der Waals surface area contributed by atoms with Crippen molar-refractivity contribution in [2.24, 2.45) is 0 Å². The Balaban J connectivity index is 4.30. The van der Waals surface area contributed by atoms with Gasteiger partial charge in [-0.25, -0.2) is 0 Å². The number of carbonyl (C=O) groups excluding carboxylic acids is 3. The Kier molecular flexibility index (Phi) is 48.9. The Morgan fingerprint density at radius 1 is 0.317 bits per heavy atom. The molecule has 0 bridgehead atoms. The third-order valence-electron chi connectivity index (χ3n) is 11.2. The van der Waals surface area contributed by atoms with Gasteiger partial charge < -0.3 is 14.2 Å². The molecule has 0 aliphatic rings. The highest BCUT2D eigenvalue weighted by Gasteiger charge is 2.19. The van der Waals surface area contributed by atoms with Crippen molar-refractivity contribution in [3.63, 3.8) is 0 Å². The summed E-state index contributed by atoms with van der Waals surface area (Å²) in [7, 11) is 0. The van der Waals surface area contributed by atoms with Crippen LogP contribution in [-0.4, -0.2) is 37.2 Å². The Morgan fingerprint density at radius 3 is 0.921 bits per heavy atom. The first kappa shape index (κ1) is 59.9. The lowest BCUT2D eigenvalue weighted by Crippen LogP contribution is -2.30. The largest absolute Gasteiger partial charge is 0.462 e. The zero-order chi connectivity index (χ0) is 45.8. The van der Waals surface area contributed by atoms with Crippen LogP contribution in [0.15, 0.2) is 72.9 Å². The smallest absolute Gasteiger partial charge is 0.306 e. The summed E-state index contributed by atoms with van der Waals surface area (Å²) in [6.07, 6.45) is 64.7. The van der Waals surface area contributed by atoms with Crippen LogP contribution < -0.4 is 0 Å². The Hall–Kier alpha value is -3.15. The number of ether oxygens (including phenoxy) is 3. The van der Waals surface area contributed by atoms with Gasteiger partial charge in [0.05, 0.1) is 0 Å². The van der Waals surface area contributed by atoms with E-state index in [0.29, 0.717) is 19.3 Å². The number of hydrogen-bond donors (Lipinski definition) is 0. The summed E-state index contributed by atoms with van der Waals surface area (Å²) in [5.41, 5.74) is 0. The molecular formula is C57H98O6. The maximum absolute atomic E-state index is 12.8. The molecule has 0 amide bonds. The fourth-order valence-electron chi connectivity index (χ4n) is 7.16. The molecule has 0 aromatic heterocycles. The van der Waals surface area contributed by atoms with E-state index < -0.39 is 6.10 Å². The number of hydrogen-bond acceptors (Lipinski definition) is 6. The third-order valence-corrected chi connectivity index (χ3v) is 11.2. The molecule has 0 aliphatic heterocycles. The van der Waals surface area contributed by atoms with Gasteiger partial charge in [0.25, 0.3) is 0 Å². The van der Waals surface area contributed by atoms with Crippen molar-refractivity contribution in [2.45, 2.75) is 258 Å². The highest BCUT2D eigenvalue weighted by atomic mass is 16.6. The average Bonchev–Trinajstić information content (AvgIpc) is 3.28. The fourth-order valence-corrected chi connectivity index (χ4v) is 7.16. The van der Waals surface area contributed by atoms with Gasteiger partial charge in [-0.3, -0.25) is 14.4 Å². The summed E-state index contributed by atoms with van der Waals surface area (Å²) in [5, 5.41) is 0. The SMILES string of the molecule is CCCCC/C=C\C/C=C\C/C=C\CCCCCCCCC(=O)OCC(COC(=O)CCCCCCCCC)OC(=O)CCCCCCCC/C=C\C/C=C\C/C=C\CCCCC. The molecule has 0 aliphatic carbocycles. The van der Waals surface area contributed by atoms with Crippen LogP contribution in [0, 0.1) is 0 Å². The minimum atomic E-state index is -0.785. The Bertz CT molecular complexity index is 1190. The van der Waals surface area contributed by atoms with Crippen LogP contribution in [0.25, 0.3) is 0 Å². The van der Waals surface area contributed by atoms with E-state index in [-0.39, 0.29) is 31.1 Å². The van der Waals surface area contributed by atoms with Gasteiger partial charge in [-0.05, 0) is 96.3 Å². The van der Waals surface area contributed by atoms with Gasteiger partial charge in [0, 0.05) is 19.3 Å². The molecule has 362 valence electrons. The van der Waals surface area contributed by atoms with E-state index in [0.717, 1.165) is 103 Å². The molecular weight excluding hydrogens is 781 g/mol. The standard InChI is InChI=1S/C57H98O6/c1-4-7-10-13-16-18-20-22-24-26-28-30-32-34-36-38-41-44-47-50-56(59)62-53-54(52-61-55(58)49-46-43-40-15-12-9-6-3)63-57(60)51-48-45-42-39-37-35-33-31-29-27-25-23-21-19-17-14-11-8-5-2/h16-19,22-25,28-31,54H,4-15,20-21,26-27,32-53H2,1-3H3/b18-16-,19-17-,24-22-,25-23-,30-28-,31-29-. The zero-order valence-corrected chi connectivity index (χ0v) is 41.3. The topological polar surface area (TPSA) is 78.9 Å². The lowest BCUT2D eigenvalue weighted by Gasteiger charge is -2.18. The second kappa shape index (κ2) is 51.5. The van der Waals surface area contributed by atoms with Crippen molar-refractivity contribution >= 4 is 17.9 Å². The molecule has 0 saturated heterocycles. The predicted molar refractivity (Wildman–Crippen MR) is 270 cm³/mol. The van der Waals surface area contributed by atoms with Gasteiger partial charge in [0.15, 0.2) is 6.10 Å². The van der Waals surface area contributed by atoms with E-state index >= 15 is 0 Å². The molecule has 0 N–H and O–H groups in total. The quantitative estimate of drug-likeness (QED) is 0.0262. The number of esters is 3. The maximum Gasteiger partial charge on any atom is 0.306 e. The van der Waals surface area contributed by atoms with Gasteiger partial charge in [0.2, 0.25) is 0 Å². The Morgan fingerprint density at radius 2 is 0.571 bits per heavy atom. The first-order valence-corrected chi connectivity index (χ1v) is 26.4. The van der Waals surface area contributed by atoms with Crippen LogP contribution in [0.4, 0.5) is 0 Å². The van der Waals surface area contributed by atoms with Gasteiger partial charge in [0.1, 0.15) is 13.2 Å². The fraction of sp³-hybridized carbons (Fsp3) is 0.737. The summed E-state index contributed by atoms with van der Waals surface area (Å²) in [4.78, 5) is 37.8. The normalized spacial score (nSPS) is 12.6. The molecule has 0 fully saturated rings. The number of allylic oxidation sites excluding steroid dienone is 12.